The third-order valence-electron chi connectivity index (χ3n) is 3.06. The average molecular weight is 271 g/mol. The summed E-state index contributed by atoms with van der Waals surface area (Å²) in [7, 11) is 1.35. The predicted octanol–water partition coefficient (Wildman–Crippen LogP) is 0.843. The zero-order valence-electron chi connectivity index (χ0n) is 10.0. The summed E-state index contributed by atoms with van der Waals surface area (Å²) in [6.45, 7) is 0.911. The largest absolute Gasteiger partial charge is 0.468 e. The minimum absolute atomic E-state index is 0.327. The molecule has 2 rings (SSSR count). The molecule has 18 heavy (non-hydrogen) atoms. The molecule has 0 aliphatic carbocycles. The van der Waals surface area contributed by atoms with E-state index in [-0.39, 0.29) is 5.97 Å². The van der Waals surface area contributed by atoms with Crippen LogP contribution in [0.5, 0.6) is 0 Å². The second-order valence-electron chi connectivity index (χ2n) is 4.31. The number of β-amino-alcohol motifs (C(OH)–C–C–N with tert-alkyl or cyclic N) is 1. The van der Waals surface area contributed by atoms with Crippen LogP contribution in [-0.2, 0) is 16.1 Å². The van der Waals surface area contributed by atoms with Crippen LogP contribution >= 0.6 is 11.6 Å². The highest BCUT2D eigenvalue weighted by molar-refractivity contribution is 6.30. The molecule has 1 aromatic rings. The van der Waals surface area contributed by atoms with Gasteiger partial charge in [0.2, 0.25) is 0 Å². The highest BCUT2D eigenvalue weighted by Crippen LogP contribution is 2.23. The lowest BCUT2D eigenvalue weighted by Crippen LogP contribution is -2.36. The highest BCUT2D eigenvalue weighted by atomic mass is 35.5. The fourth-order valence-electron chi connectivity index (χ4n) is 2.19. The van der Waals surface area contributed by atoms with Crippen molar-refractivity contribution in [2.45, 2.75) is 25.1 Å². The molecule has 6 heteroatoms. The van der Waals surface area contributed by atoms with E-state index in [0.717, 1.165) is 5.56 Å². The van der Waals surface area contributed by atoms with Gasteiger partial charge in [0.15, 0.2) is 0 Å². The Morgan fingerprint density at radius 2 is 2.50 bits per heavy atom. The standard InChI is InChI=1S/C12H15ClN2O3/c1-18-12(17)10-5-9(16)7-15(10)6-8-3-2-4-14-11(8)13/h2-4,9-10,16H,5-7H2,1H3. The molecule has 98 valence electrons. The summed E-state index contributed by atoms with van der Waals surface area (Å²) in [4.78, 5) is 17.5. The molecule has 0 aromatic carbocycles. The van der Waals surface area contributed by atoms with Crippen molar-refractivity contribution < 1.29 is 14.6 Å². The molecule has 1 aliphatic heterocycles. The van der Waals surface area contributed by atoms with Gasteiger partial charge in [0, 0.05) is 31.3 Å². The van der Waals surface area contributed by atoms with Crippen LogP contribution in [0.15, 0.2) is 18.3 Å². The van der Waals surface area contributed by atoms with Crippen molar-refractivity contribution in [3.8, 4) is 0 Å². The first-order chi connectivity index (χ1) is 8.61. The number of aliphatic hydroxyl groups excluding tert-OH is 1. The number of aliphatic hydroxyl groups is 1. The first-order valence-corrected chi connectivity index (χ1v) is 6.09. The molecule has 0 saturated carbocycles. The van der Waals surface area contributed by atoms with Gasteiger partial charge in [-0.3, -0.25) is 9.69 Å². The number of carbonyl (C=O) groups is 1. The first kappa shape index (κ1) is 13.3. The zero-order valence-corrected chi connectivity index (χ0v) is 10.8. The zero-order chi connectivity index (χ0) is 13.1. The van der Waals surface area contributed by atoms with Crippen LogP contribution in [-0.4, -0.2) is 46.8 Å². The molecule has 1 aliphatic rings. The Hall–Kier alpha value is -1.17. The van der Waals surface area contributed by atoms with Gasteiger partial charge in [0.25, 0.3) is 0 Å². The Kier molecular flexibility index (Phi) is 4.16. The van der Waals surface area contributed by atoms with E-state index < -0.39 is 12.1 Å². The molecule has 1 N–H and O–H groups in total. The van der Waals surface area contributed by atoms with E-state index in [1.807, 2.05) is 11.0 Å². The topological polar surface area (TPSA) is 62.7 Å². The van der Waals surface area contributed by atoms with Crippen molar-refractivity contribution in [3.05, 3.63) is 29.0 Å². The van der Waals surface area contributed by atoms with Crippen LogP contribution in [0, 0.1) is 0 Å². The lowest BCUT2D eigenvalue weighted by Gasteiger charge is -2.22. The van der Waals surface area contributed by atoms with Gasteiger partial charge in [0.1, 0.15) is 11.2 Å². The van der Waals surface area contributed by atoms with Crippen LogP contribution in [0.2, 0.25) is 5.15 Å². The van der Waals surface area contributed by atoms with Crippen LogP contribution in [0.4, 0.5) is 0 Å². The van der Waals surface area contributed by atoms with E-state index in [9.17, 15) is 9.90 Å². The first-order valence-electron chi connectivity index (χ1n) is 5.71. The Balaban J connectivity index is 2.12. The molecule has 0 spiro atoms. The number of carbonyl (C=O) groups excluding carboxylic acids is 1. The van der Waals surface area contributed by atoms with E-state index in [1.165, 1.54) is 7.11 Å². The van der Waals surface area contributed by atoms with Gasteiger partial charge in [-0.1, -0.05) is 17.7 Å². The van der Waals surface area contributed by atoms with Gasteiger partial charge in [0.05, 0.1) is 13.2 Å². The maximum atomic E-state index is 11.6. The summed E-state index contributed by atoms with van der Waals surface area (Å²) < 4.78 is 4.74. The van der Waals surface area contributed by atoms with Crippen molar-refractivity contribution >= 4 is 17.6 Å². The normalized spacial score (nSPS) is 24.2. The van der Waals surface area contributed by atoms with Crippen LogP contribution < -0.4 is 0 Å². The second kappa shape index (κ2) is 5.65. The summed E-state index contributed by atoms with van der Waals surface area (Å²) in [5, 5.41) is 10.1. The Bertz CT molecular complexity index is 441. The maximum Gasteiger partial charge on any atom is 0.323 e. The van der Waals surface area contributed by atoms with Gasteiger partial charge in [-0.15, -0.1) is 0 Å². The highest BCUT2D eigenvalue weighted by Gasteiger charge is 2.36. The van der Waals surface area contributed by atoms with Crippen LogP contribution in [0.25, 0.3) is 0 Å². The fraction of sp³-hybridized carbons (Fsp3) is 0.500. The molecule has 1 aromatic heterocycles. The van der Waals surface area contributed by atoms with Crippen molar-refractivity contribution in [1.29, 1.82) is 0 Å². The Labute approximate surface area is 110 Å². The maximum absolute atomic E-state index is 11.6. The lowest BCUT2D eigenvalue weighted by atomic mass is 10.2. The van der Waals surface area contributed by atoms with Crippen molar-refractivity contribution in [1.82, 2.24) is 9.88 Å². The Morgan fingerprint density at radius 1 is 1.72 bits per heavy atom. The number of pyridine rings is 1. The van der Waals surface area contributed by atoms with Crippen LogP contribution in [0.3, 0.4) is 0 Å². The number of hydrogen-bond donors (Lipinski definition) is 1. The molecular weight excluding hydrogens is 256 g/mol. The van der Waals surface area contributed by atoms with Gasteiger partial charge in [-0.25, -0.2) is 4.98 Å². The van der Waals surface area contributed by atoms with Crippen molar-refractivity contribution in [2.75, 3.05) is 13.7 Å². The lowest BCUT2D eigenvalue weighted by molar-refractivity contribution is -0.146. The summed E-state index contributed by atoms with van der Waals surface area (Å²) in [5.41, 5.74) is 0.835. The summed E-state index contributed by atoms with van der Waals surface area (Å²) in [5.74, 6) is -0.327. The van der Waals surface area contributed by atoms with E-state index in [0.29, 0.717) is 24.7 Å². The van der Waals surface area contributed by atoms with Gasteiger partial charge in [-0.2, -0.15) is 0 Å². The average Bonchev–Trinajstić information content (AvgIpc) is 2.72. The number of methoxy groups -OCH3 is 1. The van der Waals surface area contributed by atoms with Gasteiger partial charge < -0.3 is 9.84 Å². The monoisotopic (exact) mass is 270 g/mol. The molecule has 1 saturated heterocycles. The molecule has 2 atom stereocenters. The number of aromatic nitrogens is 1. The number of ether oxygens (including phenoxy) is 1. The number of nitrogens with zero attached hydrogens (tertiary/aromatic N) is 2. The minimum atomic E-state index is -0.510. The summed E-state index contributed by atoms with van der Waals surface area (Å²) in [6.07, 6.45) is 1.50. The summed E-state index contributed by atoms with van der Waals surface area (Å²) in [6, 6.07) is 3.23. The van der Waals surface area contributed by atoms with E-state index in [4.69, 9.17) is 16.3 Å². The fourth-order valence-corrected chi connectivity index (χ4v) is 2.37. The minimum Gasteiger partial charge on any atom is -0.468 e. The quantitative estimate of drug-likeness (QED) is 0.652. The molecule has 1 fully saturated rings. The number of hydrogen-bond acceptors (Lipinski definition) is 5. The number of halogens is 1. The number of likely N-dealkylation sites (tertiary alicyclic amines) is 1. The smallest absolute Gasteiger partial charge is 0.323 e. The molecule has 0 amide bonds. The third kappa shape index (κ3) is 2.80. The van der Waals surface area contributed by atoms with Crippen molar-refractivity contribution in [3.63, 3.8) is 0 Å². The van der Waals surface area contributed by atoms with Crippen molar-refractivity contribution in [2.24, 2.45) is 0 Å². The number of esters is 1. The second-order valence-corrected chi connectivity index (χ2v) is 4.67. The molecular formula is C12H15ClN2O3. The van der Waals surface area contributed by atoms with Crippen LogP contribution in [0.1, 0.15) is 12.0 Å². The van der Waals surface area contributed by atoms with E-state index >= 15 is 0 Å². The molecule has 0 radical (unpaired) electrons. The molecule has 2 heterocycles. The molecule has 2 unspecified atom stereocenters. The summed E-state index contributed by atoms with van der Waals surface area (Å²) >= 11 is 5.98. The van der Waals surface area contributed by atoms with Gasteiger partial charge in [-0.05, 0) is 6.07 Å². The Morgan fingerprint density at radius 3 is 3.17 bits per heavy atom. The SMILES string of the molecule is COC(=O)C1CC(O)CN1Cc1cccnc1Cl. The van der Waals surface area contributed by atoms with E-state index in [2.05, 4.69) is 4.98 Å². The van der Waals surface area contributed by atoms with Gasteiger partial charge >= 0.3 is 5.97 Å². The third-order valence-corrected chi connectivity index (χ3v) is 3.40. The molecule has 0 bridgehead atoms. The van der Waals surface area contributed by atoms with E-state index in [1.54, 1.807) is 12.3 Å². The number of rotatable bonds is 3. The predicted molar refractivity (Wildman–Crippen MR) is 66.1 cm³/mol. The molecule has 5 nitrogen and oxygen atoms in total.